The van der Waals surface area contributed by atoms with Crippen molar-refractivity contribution in [1.29, 1.82) is 0 Å². The third kappa shape index (κ3) is 4.28. The number of aryl methyl sites for hydroxylation is 1. The zero-order valence-electron chi connectivity index (χ0n) is 17.9. The molecule has 2 aromatic carbocycles. The maximum atomic E-state index is 13.6. The van der Waals surface area contributed by atoms with E-state index in [1.807, 2.05) is 58.0 Å². The van der Waals surface area contributed by atoms with Crippen LogP contribution in [0.25, 0.3) is 0 Å². The first-order valence-electron chi connectivity index (χ1n) is 10.2. The molecule has 1 atom stereocenters. The second-order valence-electron chi connectivity index (χ2n) is 7.79. The number of benzene rings is 2. The number of nitrogens with zero attached hydrogens (tertiary/aromatic N) is 1. The topological polar surface area (TPSA) is 55.8 Å². The molecule has 0 N–H and O–H groups in total. The van der Waals surface area contributed by atoms with Crippen LogP contribution in [0.3, 0.4) is 0 Å². The summed E-state index contributed by atoms with van der Waals surface area (Å²) in [4.78, 5) is 0.375. The molecule has 2 aromatic rings. The largest absolute Gasteiger partial charge is 0.496 e. The monoisotopic (exact) mass is 417 g/mol. The highest BCUT2D eigenvalue weighted by Gasteiger charge is 2.37. The Morgan fingerprint density at radius 2 is 1.86 bits per heavy atom. The van der Waals surface area contributed by atoms with E-state index in [-0.39, 0.29) is 12.0 Å². The van der Waals surface area contributed by atoms with Crippen LogP contribution in [0, 0.1) is 6.92 Å². The predicted molar refractivity (Wildman–Crippen MR) is 115 cm³/mol. The number of methoxy groups -OCH3 is 1. The molecule has 3 rings (SSSR count). The SMILES string of the molecule is CCOc1ccc([C@H]2CCCN2S(=O)(=O)c2cc(C(C)C)c(OC)cc2C)cc1. The summed E-state index contributed by atoms with van der Waals surface area (Å²) in [5, 5.41) is 0. The summed E-state index contributed by atoms with van der Waals surface area (Å²) < 4.78 is 39.9. The lowest BCUT2D eigenvalue weighted by Gasteiger charge is -2.26. The van der Waals surface area contributed by atoms with E-state index < -0.39 is 10.0 Å². The van der Waals surface area contributed by atoms with Gasteiger partial charge >= 0.3 is 0 Å². The van der Waals surface area contributed by atoms with Gasteiger partial charge < -0.3 is 9.47 Å². The summed E-state index contributed by atoms with van der Waals surface area (Å²) >= 11 is 0. The van der Waals surface area contributed by atoms with Gasteiger partial charge in [-0.1, -0.05) is 26.0 Å². The van der Waals surface area contributed by atoms with E-state index in [9.17, 15) is 8.42 Å². The molecule has 1 aliphatic rings. The standard InChI is InChI=1S/C23H31NO4S/c1-6-28-19-11-9-18(10-12-19)21-8-7-13-24(21)29(25,26)23-15-20(16(2)3)22(27-5)14-17(23)4/h9-12,14-16,21H,6-8,13H2,1-5H3/t21-/m1/s1. The predicted octanol–water partition coefficient (Wildman–Crippen LogP) is 5.05. The average Bonchev–Trinajstić information content (AvgIpc) is 3.19. The fourth-order valence-electron chi connectivity index (χ4n) is 4.02. The van der Waals surface area contributed by atoms with Gasteiger partial charge in [0.15, 0.2) is 0 Å². The highest BCUT2D eigenvalue weighted by atomic mass is 32.2. The Morgan fingerprint density at radius 3 is 2.45 bits per heavy atom. The molecule has 158 valence electrons. The minimum Gasteiger partial charge on any atom is -0.496 e. The molecule has 29 heavy (non-hydrogen) atoms. The van der Waals surface area contributed by atoms with Crippen molar-refractivity contribution in [3.05, 3.63) is 53.1 Å². The van der Waals surface area contributed by atoms with Crippen LogP contribution in [-0.4, -0.2) is 33.0 Å². The van der Waals surface area contributed by atoms with Crippen molar-refractivity contribution in [2.75, 3.05) is 20.3 Å². The Morgan fingerprint density at radius 1 is 1.17 bits per heavy atom. The van der Waals surface area contributed by atoms with Crippen molar-refractivity contribution in [2.45, 2.75) is 57.4 Å². The van der Waals surface area contributed by atoms with Gasteiger partial charge in [0.25, 0.3) is 0 Å². The van der Waals surface area contributed by atoms with Gasteiger partial charge in [-0.25, -0.2) is 8.42 Å². The smallest absolute Gasteiger partial charge is 0.243 e. The summed E-state index contributed by atoms with van der Waals surface area (Å²) in [6.45, 7) is 9.01. The second kappa shape index (κ2) is 8.76. The quantitative estimate of drug-likeness (QED) is 0.632. The molecule has 1 aliphatic heterocycles. The van der Waals surface area contributed by atoms with Crippen molar-refractivity contribution < 1.29 is 17.9 Å². The third-order valence-electron chi connectivity index (χ3n) is 5.52. The van der Waals surface area contributed by atoms with Gasteiger partial charge in [0.1, 0.15) is 11.5 Å². The van der Waals surface area contributed by atoms with Crippen molar-refractivity contribution in [2.24, 2.45) is 0 Å². The van der Waals surface area contributed by atoms with E-state index in [2.05, 4.69) is 0 Å². The lowest BCUT2D eigenvalue weighted by atomic mass is 10.0. The summed E-state index contributed by atoms with van der Waals surface area (Å²) in [6, 6.07) is 11.3. The molecule has 0 spiro atoms. The summed E-state index contributed by atoms with van der Waals surface area (Å²) in [5.41, 5.74) is 2.63. The van der Waals surface area contributed by atoms with Crippen molar-refractivity contribution >= 4 is 10.0 Å². The van der Waals surface area contributed by atoms with Crippen LogP contribution in [0.4, 0.5) is 0 Å². The molecular formula is C23H31NO4S. The first-order valence-corrected chi connectivity index (χ1v) is 11.7. The molecule has 0 aliphatic carbocycles. The molecular weight excluding hydrogens is 386 g/mol. The Hall–Kier alpha value is -2.05. The van der Waals surface area contributed by atoms with Crippen LogP contribution in [0.2, 0.25) is 0 Å². The zero-order chi connectivity index (χ0) is 21.2. The Bertz CT molecular complexity index is 952. The average molecular weight is 418 g/mol. The highest BCUT2D eigenvalue weighted by Crippen LogP contribution is 2.39. The number of hydrogen-bond donors (Lipinski definition) is 0. The molecule has 1 heterocycles. The molecule has 0 saturated carbocycles. The fraction of sp³-hybridized carbons (Fsp3) is 0.478. The number of rotatable bonds is 7. The minimum absolute atomic E-state index is 0.153. The molecule has 0 amide bonds. The van der Waals surface area contributed by atoms with Gasteiger partial charge in [0.2, 0.25) is 10.0 Å². The molecule has 0 unspecified atom stereocenters. The normalized spacial score (nSPS) is 17.7. The zero-order valence-corrected chi connectivity index (χ0v) is 18.8. The number of hydrogen-bond acceptors (Lipinski definition) is 4. The lowest BCUT2D eigenvalue weighted by molar-refractivity contribution is 0.339. The van der Waals surface area contributed by atoms with E-state index in [1.165, 1.54) is 0 Å². The van der Waals surface area contributed by atoms with Crippen LogP contribution < -0.4 is 9.47 Å². The molecule has 6 heteroatoms. The maximum Gasteiger partial charge on any atom is 0.243 e. The van der Waals surface area contributed by atoms with Gasteiger partial charge in [-0.15, -0.1) is 0 Å². The number of sulfonamides is 1. The Labute approximate surface area is 174 Å². The van der Waals surface area contributed by atoms with Crippen LogP contribution in [-0.2, 0) is 10.0 Å². The highest BCUT2D eigenvalue weighted by molar-refractivity contribution is 7.89. The van der Waals surface area contributed by atoms with Gasteiger partial charge in [-0.2, -0.15) is 4.31 Å². The third-order valence-corrected chi connectivity index (χ3v) is 7.57. The van der Waals surface area contributed by atoms with E-state index in [1.54, 1.807) is 17.5 Å². The first kappa shape index (κ1) is 21.7. The number of ether oxygens (including phenoxy) is 2. The summed E-state index contributed by atoms with van der Waals surface area (Å²) in [6.07, 6.45) is 1.67. The van der Waals surface area contributed by atoms with Crippen LogP contribution in [0.15, 0.2) is 41.3 Å². The maximum absolute atomic E-state index is 13.6. The fourth-order valence-corrected chi connectivity index (χ4v) is 5.95. The van der Waals surface area contributed by atoms with Crippen LogP contribution >= 0.6 is 0 Å². The van der Waals surface area contributed by atoms with Crippen molar-refractivity contribution in [1.82, 2.24) is 4.31 Å². The molecule has 1 fully saturated rings. The second-order valence-corrected chi connectivity index (χ2v) is 9.65. The summed E-state index contributed by atoms with van der Waals surface area (Å²) in [7, 11) is -2.00. The molecule has 1 saturated heterocycles. The van der Waals surface area contributed by atoms with Crippen molar-refractivity contribution in [3.63, 3.8) is 0 Å². The van der Waals surface area contributed by atoms with Gasteiger partial charge in [0.05, 0.1) is 24.7 Å². The molecule has 0 bridgehead atoms. The molecule has 5 nitrogen and oxygen atoms in total. The van der Waals surface area contributed by atoms with E-state index >= 15 is 0 Å². The molecule has 0 radical (unpaired) electrons. The lowest BCUT2D eigenvalue weighted by Crippen LogP contribution is -2.31. The van der Waals surface area contributed by atoms with E-state index in [0.29, 0.717) is 23.6 Å². The Balaban J connectivity index is 1.99. The van der Waals surface area contributed by atoms with Crippen molar-refractivity contribution in [3.8, 4) is 11.5 Å². The van der Waals surface area contributed by atoms with Gasteiger partial charge in [-0.05, 0) is 73.6 Å². The van der Waals surface area contributed by atoms with E-state index in [4.69, 9.17) is 9.47 Å². The van der Waals surface area contributed by atoms with Crippen LogP contribution in [0.5, 0.6) is 11.5 Å². The Kier molecular flexibility index (Phi) is 6.54. The minimum atomic E-state index is -3.62. The van der Waals surface area contributed by atoms with Gasteiger partial charge in [0, 0.05) is 6.54 Å². The summed E-state index contributed by atoms with van der Waals surface area (Å²) in [5.74, 6) is 1.71. The molecule has 0 aromatic heterocycles. The first-order chi connectivity index (χ1) is 13.8. The van der Waals surface area contributed by atoms with E-state index in [0.717, 1.165) is 35.5 Å². The van der Waals surface area contributed by atoms with Gasteiger partial charge in [-0.3, -0.25) is 0 Å². The van der Waals surface area contributed by atoms with Crippen LogP contribution in [0.1, 0.15) is 62.3 Å².